The first-order valence-electron chi connectivity index (χ1n) is 7.71. The van der Waals surface area contributed by atoms with Crippen molar-refractivity contribution in [1.82, 2.24) is 4.90 Å². The van der Waals surface area contributed by atoms with Crippen LogP contribution >= 0.6 is 0 Å². The molecule has 2 N–H and O–H groups in total. The molecule has 0 radical (unpaired) electrons. The molecule has 1 amide bonds. The fourth-order valence-electron chi connectivity index (χ4n) is 2.89. The molecule has 3 heteroatoms. The Bertz CT molecular complexity index is 600. The Morgan fingerprint density at radius 3 is 2.43 bits per heavy atom. The average Bonchev–Trinajstić information content (AvgIpc) is 2.54. The quantitative estimate of drug-likeness (QED) is 0.883. The Kier molecular flexibility index (Phi) is 5.34. The number of carbonyl (C=O) groups excluding carboxylic acids is 1. The number of hydrogen-bond donors (Lipinski definition) is 1. The van der Waals surface area contributed by atoms with E-state index in [2.05, 4.69) is 13.8 Å². The highest BCUT2D eigenvalue weighted by atomic mass is 16.2. The Morgan fingerprint density at radius 2 is 1.76 bits per heavy atom. The summed E-state index contributed by atoms with van der Waals surface area (Å²) in [5, 5.41) is 2.11. The minimum Gasteiger partial charge on any atom is -0.334 e. The van der Waals surface area contributed by atoms with Gasteiger partial charge in [-0.15, -0.1) is 0 Å². The molecule has 21 heavy (non-hydrogen) atoms. The molecule has 0 aromatic heterocycles. The minimum atomic E-state index is 0.0888. The highest BCUT2D eigenvalue weighted by Gasteiger charge is 2.22. The molecule has 0 heterocycles. The van der Waals surface area contributed by atoms with Gasteiger partial charge in [-0.1, -0.05) is 50.2 Å². The van der Waals surface area contributed by atoms with Crippen LogP contribution in [0.4, 0.5) is 0 Å². The zero-order chi connectivity index (χ0) is 15.2. The standard InChI is InChI=1S/C18H24N2O/c1-3-15(4-2)20(13-12-19)18(21)17-11-7-9-14-8-5-6-10-16(14)17/h5-11,15H,3-4,12-13,19H2,1-2H3. The predicted molar refractivity (Wildman–Crippen MR) is 88.4 cm³/mol. The maximum Gasteiger partial charge on any atom is 0.254 e. The van der Waals surface area contributed by atoms with E-state index in [1.807, 2.05) is 47.4 Å². The lowest BCUT2D eigenvalue weighted by molar-refractivity contribution is 0.0676. The molecular weight excluding hydrogens is 260 g/mol. The van der Waals surface area contributed by atoms with Gasteiger partial charge in [0, 0.05) is 24.7 Å². The van der Waals surface area contributed by atoms with Gasteiger partial charge >= 0.3 is 0 Å². The first-order chi connectivity index (χ1) is 10.2. The van der Waals surface area contributed by atoms with Crippen molar-refractivity contribution in [3.63, 3.8) is 0 Å². The molecule has 0 bridgehead atoms. The number of benzene rings is 2. The SMILES string of the molecule is CCC(CC)N(CCN)C(=O)c1cccc2ccccc12. The molecule has 112 valence electrons. The summed E-state index contributed by atoms with van der Waals surface area (Å²) in [6.45, 7) is 5.34. The van der Waals surface area contributed by atoms with Gasteiger partial charge in [0.05, 0.1) is 0 Å². The fourth-order valence-corrected chi connectivity index (χ4v) is 2.89. The zero-order valence-electron chi connectivity index (χ0n) is 12.9. The van der Waals surface area contributed by atoms with Gasteiger partial charge in [0.2, 0.25) is 0 Å². The maximum atomic E-state index is 13.0. The monoisotopic (exact) mass is 284 g/mol. The Labute approximate surface area is 126 Å². The van der Waals surface area contributed by atoms with Crippen molar-refractivity contribution in [3.05, 3.63) is 48.0 Å². The third-order valence-corrected chi connectivity index (χ3v) is 4.03. The van der Waals surface area contributed by atoms with Crippen molar-refractivity contribution >= 4 is 16.7 Å². The Hall–Kier alpha value is -1.87. The summed E-state index contributed by atoms with van der Waals surface area (Å²) in [4.78, 5) is 14.9. The third kappa shape index (κ3) is 3.24. The van der Waals surface area contributed by atoms with Crippen molar-refractivity contribution in [2.45, 2.75) is 32.7 Å². The van der Waals surface area contributed by atoms with Crippen molar-refractivity contribution in [2.75, 3.05) is 13.1 Å². The van der Waals surface area contributed by atoms with Crippen LogP contribution in [-0.4, -0.2) is 29.9 Å². The molecule has 0 aliphatic carbocycles. The Morgan fingerprint density at radius 1 is 1.10 bits per heavy atom. The lowest BCUT2D eigenvalue weighted by atomic mass is 10.0. The van der Waals surface area contributed by atoms with Gasteiger partial charge < -0.3 is 10.6 Å². The van der Waals surface area contributed by atoms with E-state index in [1.165, 1.54) is 0 Å². The number of rotatable bonds is 6. The number of nitrogens with two attached hydrogens (primary N) is 1. The number of nitrogens with zero attached hydrogens (tertiary/aromatic N) is 1. The summed E-state index contributed by atoms with van der Waals surface area (Å²) in [6.07, 6.45) is 1.90. The lowest BCUT2D eigenvalue weighted by Gasteiger charge is -2.30. The van der Waals surface area contributed by atoms with Crippen molar-refractivity contribution in [1.29, 1.82) is 0 Å². The van der Waals surface area contributed by atoms with Crippen LogP contribution in [0, 0.1) is 0 Å². The van der Waals surface area contributed by atoms with E-state index >= 15 is 0 Å². The number of fused-ring (bicyclic) bond motifs is 1. The van der Waals surface area contributed by atoms with E-state index in [-0.39, 0.29) is 11.9 Å². The van der Waals surface area contributed by atoms with Crippen LogP contribution in [-0.2, 0) is 0 Å². The van der Waals surface area contributed by atoms with Crippen molar-refractivity contribution < 1.29 is 4.79 Å². The highest BCUT2D eigenvalue weighted by Crippen LogP contribution is 2.22. The molecular formula is C18H24N2O. The second-order valence-electron chi connectivity index (χ2n) is 5.28. The van der Waals surface area contributed by atoms with Gasteiger partial charge in [0.25, 0.3) is 5.91 Å². The van der Waals surface area contributed by atoms with E-state index in [0.29, 0.717) is 13.1 Å². The summed E-state index contributed by atoms with van der Waals surface area (Å²) in [5.74, 6) is 0.0888. The topological polar surface area (TPSA) is 46.3 Å². The molecule has 0 unspecified atom stereocenters. The molecule has 2 rings (SSSR count). The lowest BCUT2D eigenvalue weighted by Crippen LogP contribution is -2.42. The van der Waals surface area contributed by atoms with Crippen LogP contribution in [0.15, 0.2) is 42.5 Å². The van der Waals surface area contributed by atoms with Crippen LogP contribution in [0.2, 0.25) is 0 Å². The predicted octanol–water partition coefficient (Wildman–Crippen LogP) is 3.43. The summed E-state index contributed by atoms with van der Waals surface area (Å²) in [7, 11) is 0. The first kappa shape index (κ1) is 15.5. The number of carbonyl (C=O) groups is 1. The van der Waals surface area contributed by atoms with Gasteiger partial charge in [0.15, 0.2) is 0 Å². The van der Waals surface area contributed by atoms with E-state index in [9.17, 15) is 4.79 Å². The van der Waals surface area contributed by atoms with Gasteiger partial charge in [-0.2, -0.15) is 0 Å². The van der Waals surface area contributed by atoms with Crippen LogP contribution in [0.25, 0.3) is 10.8 Å². The first-order valence-corrected chi connectivity index (χ1v) is 7.71. The summed E-state index contributed by atoms with van der Waals surface area (Å²) >= 11 is 0. The summed E-state index contributed by atoms with van der Waals surface area (Å²) < 4.78 is 0. The molecule has 0 aliphatic heterocycles. The van der Waals surface area contributed by atoms with E-state index in [4.69, 9.17) is 5.73 Å². The van der Waals surface area contributed by atoms with Crippen LogP contribution < -0.4 is 5.73 Å². The molecule has 3 nitrogen and oxygen atoms in total. The smallest absolute Gasteiger partial charge is 0.254 e. The average molecular weight is 284 g/mol. The van der Waals surface area contributed by atoms with Gasteiger partial charge in [-0.25, -0.2) is 0 Å². The molecule has 0 saturated heterocycles. The van der Waals surface area contributed by atoms with Crippen LogP contribution in [0.3, 0.4) is 0 Å². The van der Waals surface area contributed by atoms with Gasteiger partial charge in [-0.05, 0) is 29.7 Å². The molecule has 0 fully saturated rings. The van der Waals surface area contributed by atoms with Crippen molar-refractivity contribution in [2.24, 2.45) is 5.73 Å². The van der Waals surface area contributed by atoms with Crippen LogP contribution in [0.1, 0.15) is 37.0 Å². The van der Waals surface area contributed by atoms with Crippen LogP contribution in [0.5, 0.6) is 0 Å². The summed E-state index contributed by atoms with van der Waals surface area (Å²) in [5.41, 5.74) is 6.48. The molecule has 0 spiro atoms. The maximum absolute atomic E-state index is 13.0. The number of amides is 1. The fraction of sp³-hybridized carbons (Fsp3) is 0.389. The molecule has 2 aromatic carbocycles. The minimum absolute atomic E-state index is 0.0888. The van der Waals surface area contributed by atoms with Gasteiger partial charge in [-0.3, -0.25) is 4.79 Å². The second-order valence-corrected chi connectivity index (χ2v) is 5.28. The van der Waals surface area contributed by atoms with E-state index in [0.717, 1.165) is 29.2 Å². The largest absolute Gasteiger partial charge is 0.334 e. The van der Waals surface area contributed by atoms with E-state index in [1.54, 1.807) is 0 Å². The highest BCUT2D eigenvalue weighted by molar-refractivity contribution is 6.07. The number of hydrogen-bond acceptors (Lipinski definition) is 2. The molecule has 2 aromatic rings. The normalized spacial score (nSPS) is 11.0. The van der Waals surface area contributed by atoms with Gasteiger partial charge in [0.1, 0.15) is 0 Å². The Balaban J connectivity index is 2.43. The molecule has 0 atom stereocenters. The molecule has 0 saturated carbocycles. The zero-order valence-corrected chi connectivity index (χ0v) is 12.9. The molecule has 0 aliphatic rings. The second kappa shape index (κ2) is 7.23. The van der Waals surface area contributed by atoms with E-state index < -0.39 is 0 Å². The van der Waals surface area contributed by atoms with Crippen molar-refractivity contribution in [3.8, 4) is 0 Å². The summed E-state index contributed by atoms with van der Waals surface area (Å²) in [6, 6.07) is 14.2. The third-order valence-electron chi connectivity index (χ3n) is 4.03.